The minimum Gasteiger partial charge on any atom is -0.357 e. The number of halogens is 2. The van der Waals surface area contributed by atoms with Crippen molar-refractivity contribution < 1.29 is 12.8 Å². The van der Waals surface area contributed by atoms with Crippen LogP contribution in [-0.2, 0) is 16.4 Å². The van der Waals surface area contributed by atoms with Crippen molar-refractivity contribution in [2.75, 3.05) is 18.8 Å². The van der Waals surface area contributed by atoms with Gasteiger partial charge in [-0.1, -0.05) is 30.3 Å². The average molecular weight is 505 g/mol. The van der Waals surface area contributed by atoms with E-state index in [9.17, 15) is 12.8 Å². The molecule has 0 aliphatic heterocycles. The zero-order valence-electron chi connectivity index (χ0n) is 15.4. The van der Waals surface area contributed by atoms with Gasteiger partial charge in [0, 0.05) is 13.1 Å². The molecule has 0 aromatic heterocycles. The van der Waals surface area contributed by atoms with Crippen molar-refractivity contribution in [2.24, 2.45) is 4.99 Å². The molecule has 0 saturated heterocycles. The summed E-state index contributed by atoms with van der Waals surface area (Å²) in [6.07, 6.45) is 0. The Bertz CT molecular complexity index is 859. The molecule has 0 heterocycles. The minimum atomic E-state index is -3.34. The Kier molecular flexibility index (Phi) is 9.71. The van der Waals surface area contributed by atoms with Crippen LogP contribution in [0.5, 0.6) is 0 Å². The van der Waals surface area contributed by atoms with E-state index >= 15 is 0 Å². The van der Waals surface area contributed by atoms with Gasteiger partial charge in [-0.2, -0.15) is 0 Å². The number of benzene rings is 2. The fourth-order valence-electron chi connectivity index (χ4n) is 2.37. The van der Waals surface area contributed by atoms with Crippen LogP contribution in [0.4, 0.5) is 4.39 Å². The van der Waals surface area contributed by atoms with Crippen LogP contribution >= 0.6 is 24.0 Å². The molecule has 27 heavy (non-hydrogen) atoms. The fourth-order valence-corrected chi connectivity index (χ4v) is 3.55. The van der Waals surface area contributed by atoms with E-state index in [-0.39, 0.29) is 42.1 Å². The number of hydrogen-bond acceptors (Lipinski definition) is 3. The smallest absolute Gasteiger partial charge is 0.191 e. The Balaban J connectivity index is 0.00000364. The number of nitrogens with zero attached hydrogens (tertiary/aromatic N) is 1. The van der Waals surface area contributed by atoms with Gasteiger partial charge in [-0.15, -0.1) is 24.0 Å². The van der Waals surface area contributed by atoms with Crippen molar-refractivity contribution in [2.45, 2.75) is 25.3 Å². The molecule has 0 fully saturated rings. The Hall–Kier alpha value is -1.68. The Morgan fingerprint density at radius 3 is 2.44 bits per heavy atom. The SMILES string of the molecule is CCNC(=NCc1ccc(F)c(C)c1)NCCS(=O)(=O)c1ccccc1.I. The summed E-state index contributed by atoms with van der Waals surface area (Å²) in [6, 6.07) is 13.2. The van der Waals surface area contributed by atoms with Gasteiger partial charge in [0.15, 0.2) is 15.8 Å². The monoisotopic (exact) mass is 505 g/mol. The highest BCUT2D eigenvalue weighted by atomic mass is 127. The molecule has 0 atom stereocenters. The second-order valence-electron chi connectivity index (χ2n) is 5.84. The second kappa shape index (κ2) is 11.2. The Morgan fingerprint density at radius 1 is 1.11 bits per heavy atom. The first-order chi connectivity index (χ1) is 12.4. The summed E-state index contributed by atoms with van der Waals surface area (Å²) in [6.45, 7) is 4.91. The fraction of sp³-hybridized carbons (Fsp3) is 0.316. The number of guanidine groups is 1. The van der Waals surface area contributed by atoms with Gasteiger partial charge in [-0.3, -0.25) is 0 Å². The summed E-state index contributed by atoms with van der Waals surface area (Å²) in [7, 11) is -3.34. The van der Waals surface area contributed by atoms with Crippen molar-refractivity contribution in [1.29, 1.82) is 0 Å². The highest BCUT2D eigenvalue weighted by Crippen LogP contribution is 2.10. The molecule has 0 bridgehead atoms. The van der Waals surface area contributed by atoms with Gasteiger partial charge in [0.05, 0.1) is 17.2 Å². The molecule has 2 aromatic rings. The van der Waals surface area contributed by atoms with Crippen molar-refractivity contribution in [3.8, 4) is 0 Å². The summed E-state index contributed by atoms with van der Waals surface area (Å²) in [5.74, 6) is 0.253. The molecule has 0 aliphatic rings. The first kappa shape index (κ1) is 23.4. The molecule has 148 valence electrons. The van der Waals surface area contributed by atoms with Crippen molar-refractivity contribution in [3.05, 3.63) is 65.5 Å². The molecule has 0 saturated carbocycles. The summed E-state index contributed by atoms with van der Waals surface area (Å²) in [4.78, 5) is 4.73. The molecule has 8 heteroatoms. The standard InChI is InChI=1S/C19H24FN3O2S.HI/c1-3-21-19(23-14-16-9-10-18(20)15(2)13-16)22-11-12-26(24,25)17-7-5-4-6-8-17;/h4-10,13H,3,11-12,14H2,1-2H3,(H2,21,22,23);1H. The third-order valence-corrected chi connectivity index (χ3v) is 5.48. The van der Waals surface area contributed by atoms with Crippen LogP contribution in [0.3, 0.4) is 0 Å². The lowest BCUT2D eigenvalue weighted by atomic mass is 10.1. The van der Waals surface area contributed by atoms with Gasteiger partial charge >= 0.3 is 0 Å². The number of hydrogen-bond donors (Lipinski definition) is 2. The summed E-state index contributed by atoms with van der Waals surface area (Å²) in [5, 5.41) is 6.10. The Morgan fingerprint density at radius 2 is 1.81 bits per heavy atom. The van der Waals surface area contributed by atoms with Crippen LogP contribution in [0, 0.1) is 12.7 Å². The maximum absolute atomic E-state index is 13.3. The van der Waals surface area contributed by atoms with Gasteiger partial charge in [0.1, 0.15) is 5.82 Å². The number of aliphatic imine (C=N–C) groups is 1. The predicted octanol–water partition coefficient (Wildman–Crippen LogP) is 3.28. The van der Waals surface area contributed by atoms with Gasteiger partial charge < -0.3 is 10.6 Å². The third kappa shape index (κ3) is 7.45. The number of nitrogens with one attached hydrogen (secondary N) is 2. The molecule has 2 aromatic carbocycles. The predicted molar refractivity (Wildman–Crippen MR) is 118 cm³/mol. The van der Waals surface area contributed by atoms with Crippen LogP contribution in [0.2, 0.25) is 0 Å². The molecule has 0 spiro atoms. The van der Waals surface area contributed by atoms with Crippen molar-refractivity contribution in [1.82, 2.24) is 10.6 Å². The second-order valence-corrected chi connectivity index (χ2v) is 7.95. The molecule has 0 unspecified atom stereocenters. The third-order valence-electron chi connectivity index (χ3n) is 3.75. The molecule has 2 N–H and O–H groups in total. The topological polar surface area (TPSA) is 70.6 Å². The van der Waals surface area contributed by atoms with Crippen LogP contribution in [0.15, 0.2) is 58.4 Å². The lowest BCUT2D eigenvalue weighted by Gasteiger charge is -2.12. The normalized spacial score (nSPS) is 11.6. The lowest BCUT2D eigenvalue weighted by Crippen LogP contribution is -2.39. The molecule has 0 aliphatic carbocycles. The summed E-state index contributed by atoms with van der Waals surface area (Å²) < 4.78 is 37.9. The van der Waals surface area contributed by atoms with E-state index in [0.717, 1.165) is 5.56 Å². The highest BCUT2D eigenvalue weighted by Gasteiger charge is 2.13. The van der Waals surface area contributed by atoms with Crippen LogP contribution in [0.25, 0.3) is 0 Å². The van der Waals surface area contributed by atoms with Gasteiger partial charge in [0.2, 0.25) is 0 Å². The average Bonchev–Trinajstić information content (AvgIpc) is 2.63. The van der Waals surface area contributed by atoms with E-state index in [1.807, 2.05) is 6.92 Å². The number of sulfone groups is 1. The van der Waals surface area contributed by atoms with Gasteiger partial charge in [-0.05, 0) is 43.2 Å². The van der Waals surface area contributed by atoms with Crippen LogP contribution < -0.4 is 10.6 Å². The number of rotatable bonds is 7. The first-order valence-electron chi connectivity index (χ1n) is 8.47. The molecule has 5 nitrogen and oxygen atoms in total. The quantitative estimate of drug-likeness (QED) is 0.345. The largest absolute Gasteiger partial charge is 0.357 e. The molecular formula is C19H25FIN3O2S. The Labute approximate surface area is 177 Å². The molecule has 2 rings (SSSR count). The van der Waals surface area contributed by atoms with E-state index in [4.69, 9.17) is 0 Å². The first-order valence-corrected chi connectivity index (χ1v) is 10.1. The van der Waals surface area contributed by atoms with Gasteiger partial charge in [-0.25, -0.2) is 17.8 Å². The zero-order valence-corrected chi connectivity index (χ0v) is 18.6. The molecular weight excluding hydrogens is 480 g/mol. The maximum Gasteiger partial charge on any atom is 0.191 e. The van der Waals surface area contributed by atoms with E-state index in [0.29, 0.717) is 29.5 Å². The summed E-state index contributed by atoms with van der Waals surface area (Å²) in [5.41, 5.74) is 1.46. The number of aryl methyl sites for hydroxylation is 1. The van der Waals surface area contributed by atoms with E-state index in [2.05, 4.69) is 15.6 Å². The van der Waals surface area contributed by atoms with Crippen LogP contribution in [-0.4, -0.2) is 33.2 Å². The van der Waals surface area contributed by atoms with Gasteiger partial charge in [0.25, 0.3) is 0 Å². The van der Waals surface area contributed by atoms with Crippen LogP contribution in [0.1, 0.15) is 18.1 Å². The molecule has 0 radical (unpaired) electrons. The van der Waals surface area contributed by atoms with Crippen molar-refractivity contribution >= 4 is 39.8 Å². The highest BCUT2D eigenvalue weighted by molar-refractivity contribution is 14.0. The zero-order chi connectivity index (χ0) is 19.0. The minimum absolute atomic E-state index is 0. The maximum atomic E-state index is 13.3. The van der Waals surface area contributed by atoms with Crippen molar-refractivity contribution in [3.63, 3.8) is 0 Å². The van der Waals surface area contributed by atoms with E-state index in [1.54, 1.807) is 49.4 Å². The van der Waals surface area contributed by atoms with E-state index < -0.39 is 9.84 Å². The lowest BCUT2D eigenvalue weighted by molar-refractivity contribution is 0.594. The molecule has 0 amide bonds. The summed E-state index contributed by atoms with van der Waals surface area (Å²) >= 11 is 0. The van der Waals surface area contributed by atoms with E-state index in [1.165, 1.54) is 6.07 Å².